The smallest absolute Gasteiger partial charge is 0.246 e. The fourth-order valence-corrected chi connectivity index (χ4v) is 4.21. The van der Waals surface area contributed by atoms with Gasteiger partial charge in [-0.25, -0.2) is 0 Å². The molecule has 4 nitrogen and oxygen atoms in total. The van der Waals surface area contributed by atoms with Gasteiger partial charge in [0.15, 0.2) is 0 Å². The first-order chi connectivity index (χ1) is 15.2. The van der Waals surface area contributed by atoms with Crippen LogP contribution in [0, 0.1) is 0 Å². The van der Waals surface area contributed by atoms with Crippen molar-refractivity contribution in [2.24, 2.45) is 0 Å². The van der Waals surface area contributed by atoms with E-state index in [2.05, 4.69) is 40.6 Å². The maximum absolute atomic E-state index is 13.4. The van der Waals surface area contributed by atoms with Crippen LogP contribution in [0.15, 0.2) is 84.9 Å². The van der Waals surface area contributed by atoms with Gasteiger partial charge < -0.3 is 10.1 Å². The largest absolute Gasteiger partial charge is 0.495 e. The summed E-state index contributed by atoms with van der Waals surface area (Å²) in [5.41, 5.74) is 4.19. The molecule has 0 spiro atoms. The Morgan fingerprint density at radius 2 is 1.74 bits per heavy atom. The lowest BCUT2D eigenvalue weighted by Gasteiger charge is -2.33. The fraction of sp³-hybridized carbons (Fsp3) is 0.192. The monoisotopic (exact) mass is 432 g/mol. The van der Waals surface area contributed by atoms with Crippen molar-refractivity contribution >= 4 is 28.8 Å². The van der Waals surface area contributed by atoms with Gasteiger partial charge >= 0.3 is 0 Å². The molecule has 158 valence electrons. The third-order valence-corrected chi connectivity index (χ3v) is 5.83. The van der Waals surface area contributed by atoms with Crippen LogP contribution >= 0.6 is 11.6 Å². The van der Waals surface area contributed by atoms with Crippen LogP contribution < -0.4 is 10.1 Å². The van der Waals surface area contributed by atoms with Crippen LogP contribution in [0.5, 0.6) is 5.75 Å². The van der Waals surface area contributed by atoms with E-state index >= 15 is 0 Å². The molecule has 1 N–H and O–H groups in total. The SMILES string of the molecule is COc1ccc(NC(=O)[C@H](c2ccccc2)N2CC=C(c3ccccc3)CC2)cc1Cl. The van der Waals surface area contributed by atoms with E-state index in [0.717, 1.165) is 18.5 Å². The first-order valence-corrected chi connectivity index (χ1v) is 10.7. The number of nitrogens with zero attached hydrogens (tertiary/aromatic N) is 1. The van der Waals surface area contributed by atoms with Gasteiger partial charge in [0.2, 0.25) is 5.91 Å². The van der Waals surface area contributed by atoms with E-state index in [4.69, 9.17) is 16.3 Å². The number of carbonyl (C=O) groups is 1. The molecule has 4 rings (SSSR count). The number of amides is 1. The second-order valence-electron chi connectivity index (χ2n) is 7.49. The molecule has 1 atom stereocenters. The van der Waals surface area contributed by atoms with E-state index in [-0.39, 0.29) is 5.91 Å². The highest BCUT2D eigenvalue weighted by atomic mass is 35.5. The van der Waals surface area contributed by atoms with Crippen molar-refractivity contribution in [1.29, 1.82) is 0 Å². The van der Waals surface area contributed by atoms with Crippen LogP contribution in [0.3, 0.4) is 0 Å². The van der Waals surface area contributed by atoms with Gasteiger partial charge in [0.25, 0.3) is 0 Å². The molecule has 0 aliphatic carbocycles. The second-order valence-corrected chi connectivity index (χ2v) is 7.90. The van der Waals surface area contributed by atoms with E-state index in [9.17, 15) is 4.79 Å². The number of halogens is 1. The third-order valence-electron chi connectivity index (χ3n) is 5.53. The Balaban J connectivity index is 1.56. The Bertz CT molecular complexity index is 1070. The van der Waals surface area contributed by atoms with Crippen molar-refractivity contribution in [3.63, 3.8) is 0 Å². The molecule has 0 aromatic heterocycles. The standard InChI is InChI=1S/C26H25ClN2O2/c1-31-24-13-12-22(18-23(24)27)28-26(30)25(21-10-6-3-7-11-21)29-16-14-20(15-17-29)19-8-4-2-5-9-19/h2-14,18,25H,15-17H2,1H3,(H,28,30)/t25-/m0/s1. The van der Waals surface area contributed by atoms with Gasteiger partial charge in [-0.05, 0) is 41.3 Å². The number of carbonyl (C=O) groups excluding carboxylic acids is 1. The number of methoxy groups -OCH3 is 1. The van der Waals surface area contributed by atoms with E-state index in [0.29, 0.717) is 23.0 Å². The lowest BCUT2D eigenvalue weighted by molar-refractivity contribution is -0.121. The zero-order valence-electron chi connectivity index (χ0n) is 17.4. The molecule has 5 heteroatoms. The number of anilines is 1. The van der Waals surface area contributed by atoms with Crippen molar-refractivity contribution in [3.8, 4) is 5.75 Å². The summed E-state index contributed by atoms with van der Waals surface area (Å²) >= 11 is 6.24. The summed E-state index contributed by atoms with van der Waals surface area (Å²) < 4.78 is 5.20. The first-order valence-electron chi connectivity index (χ1n) is 10.3. The molecule has 1 heterocycles. The van der Waals surface area contributed by atoms with Gasteiger partial charge in [-0.15, -0.1) is 0 Å². The predicted octanol–water partition coefficient (Wildman–Crippen LogP) is 5.82. The average Bonchev–Trinajstić information content (AvgIpc) is 2.81. The number of hydrogen-bond donors (Lipinski definition) is 1. The molecule has 1 amide bonds. The Hall–Kier alpha value is -3.08. The van der Waals surface area contributed by atoms with Crippen molar-refractivity contribution in [2.45, 2.75) is 12.5 Å². The minimum absolute atomic E-state index is 0.0796. The highest BCUT2D eigenvalue weighted by molar-refractivity contribution is 6.32. The zero-order valence-corrected chi connectivity index (χ0v) is 18.2. The molecule has 0 saturated heterocycles. The number of ether oxygens (including phenoxy) is 1. The summed E-state index contributed by atoms with van der Waals surface area (Å²) in [7, 11) is 1.57. The lowest BCUT2D eigenvalue weighted by atomic mass is 9.96. The molecular formula is C26H25ClN2O2. The van der Waals surface area contributed by atoms with Crippen LogP contribution in [0.25, 0.3) is 5.57 Å². The van der Waals surface area contributed by atoms with Gasteiger partial charge in [0.1, 0.15) is 11.8 Å². The van der Waals surface area contributed by atoms with Crippen LogP contribution in [0.2, 0.25) is 5.02 Å². The fourth-order valence-electron chi connectivity index (χ4n) is 3.95. The highest BCUT2D eigenvalue weighted by Gasteiger charge is 2.29. The van der Waals surface area contributed by atoms with Crippen LogP contribution in [0.1, 0.15) is 23.6 Å². The van der Waals surface area contributed by atoms with E-state index in [1.165, 1.54) is 11.1 Å². The number of hydrogen-bond acceptors (Lipinski definition) is 3. The van der Waals surface area contributed by atoms with Gasteiger partial charge in [0.05, 0.1) is 12.1 Å². The molecule has 3 aromatic rings. The summed E-state index contributed by atoms with van der Waals surface area (Å²) in [4.78, 5) is 15.6. The summed E-state index contributed by atoms with van der Waals surface area (Å²) in [6.07, 6.45) is 3.13. The molecule has 0 bridgehead atoms. The predicted molar refractivity (Wildman–Crippen MR) is 126 cm³/mol. The number of benzene rings is 3. The Labute approximate surface area is 188 Å². The van der Waals surface area contributed by atoms with Gasteiger partial charge in [-0.3, -0.25) is 9.69 Å². The van der Waals surface area contributed by atoms with Crippen molar-refractivity contribution in [2.75, 3.05) is 25.5 Å². The summed E-state index contributed by atoms with van der Waals surface area (Å²) in [5, 5.41) is 3.49. The van der Waals surface area contributed by atoms with Gasteiger partial charge in [-0.1, -0.05) is 78.3 Å². The maximum Gasteiger partial charge on any atom is 0.246 e. The highest BCUT2D eigenvalue weighted by Crippen LogP contribution is 2.31. The maximum atomic E-state index is 13.4. The lowest BCUT2D eigenvalue weighted by Crippen LogP contribution is -2.39. The minimum atomic E-state index is -0.393. The molecule has 1 aliphatic heterocycles. The summed E-state index contributed by atoms with van der Waals surface area (Å²) in [6.45, 7) is 1.51. The molecule has 0 unspecified atom stereocenters. The first kappa shape index (κ1) is 21.2. The van der Waals surface area contributed by atoms with E-state index < -0.39 is 6.04 Å². The Kier molecular flexibility index (Phi) is 6.70. The Morgan fingerprint density at radius 3 is 2.35 bits per heavy atom. The second kappa shape index (κ2) is 9.82. The number of nitrogens with one attached hydrogen (secondary N) is 1. The molecule has 31 heavy (non-hydrogen) atoms. The molecule has 0 fully saturated rings. The summed E-state index contributed by atoms with van der Waals surface area (Å²) in [5.74, 6) is 0.498. The van der Waals surface area contributed by atoms with Crippen LogP contribution in [-0.2, 0) is 4.79 Å². The topological polar surface area (TPSA) is 41.6 Å². The third kappa shape index (κ3) is 4.98. The Morgan fingerprint density at radius 1 is 1.03 bits per heavy atom. The van der Waals surface area contributed by atoms with Gasteiger partial charge in [-0.2, -0.15) is 0 Å². The quantitative estimate of drug-likeness (QED) is 0.533. The molecular weight excluding hydrogens is 408 g/mol. The molecule has 0 radical (unpaired) electrons. The van der Waals surface area contributed by atoms with Crippen LogP contribution in [0.4, 0.5) is 5.69 Å². The molecule has 3 aromatic carbocycles. The minimum Gasteiger partial charge on any atom is -0.495 e. The molecule has 0 saturated carbocycles. The van der Waals surface area contributed by atoms with Crippen molar-refractivity contribution < 1.29 is 9.53 Å². The normalized spacial score (nSPS) is 15.1. The van der Waals surface area contributed by atoms with Gasteiger partial charge in [0, 0.05) is 18.8 Å². The van der Waals surface area contributed by atoms with Crippen molar-refractivity contribution in [3.05, 3.63) is 101 Å². The average molecular weight is 433 g/mol. The van der Waals surface area contributed by atoms with E-state index in [1.807, 2.05) is 36.4 Å². The summed E-state index contributed by atoms with van der Waals surface area (Å²) in [6, 6.07) is 25.2. The molecule has 1 aliphatic rings. The van der Waals surface area contributed by atoms with Crippen LogP contribution in [-0.4, -0.2) is 31.0 Å². The van der Waals surface area contributed by atoms with E-state index in [1.54, 1.807) is 25.3 Å². The number of rotatable bonds is 6. The van der Waals surface area contributed by atoms with Crippen molar-refractivity contribution in [1.82, 2.24) is 4.90 Å². The zero-order chi connectivity index (χ0) is 21.6.